The van der Waals surface area contributed by atoms with Crippen molar-refractivity contribution in [2.75, 3.05) is 12.0 Å². The Bertz CT molecular complexity index is 660. The molecule has 0 radical (unpaired) electrons. The van der Waals surface area contributed by atoms with Gasteiger partial charge in [0.1, 0.15) is 5.75 Å². The van der Waals surface area contributed by atoms with Crippen LogP contribution in [0.2, 0.25) is 0 Å². The molecule has 2 aliphatic carbocycles. The number of rotatable bonds is 2. The highest BCUT2D eigenvalue weighted by molar-refractivity contribution is 6.23. The zero-order valence-corrected chi connectivity index (χ0v) is 12.0. The maximum Gasteiger partial charge on any atom is 0.238 e. The maximum atomic E-state index is 12.8. The van der Waals surface area contributed by atoms with Crippen molar-refractivity contribution in [3.63, 3.8) is 0 Å². The van der Waals surface area contributed by atoms with E-state index < -0.39 is 24.0 Å². The second-order valence-corrected chi connectivity index (χ2v) is 6.31. The van der Waals surface area contributed by atoms with Crippen molar-refractivity contribution in [2.24, 2.45) is 23.7 Å². The molecule has 4 rings (SSSR count). The molecule has 0 aromatic heterocycles. The standard InChI is InChI=1S/C16H17NO5/c1-22-14-8-6-7(13(14)19)11-12(8)16(21)17(15(11)20)9-4-2-3-5-10(9)18/h2-5,7-8,11-14,18-19H,6H2,1H3/t7-,8+,11-,12-,13+,14-/m1/s1. The number of nitrogens with zero attached hydrogens (tertiary/aromatic N) is 1. The lowest BCUT2D eigenvalue weighted by Gasteiger charge is -2.31. The van der Waals surface area contributed by atoms with E-state index in [2.05, 4.69) is 0 Å². The molecule has 2 bridgehead atoms. The van der Waals surface area contributed by atoms with Crippen LogP contribution in [0.4, 0.5) is 5.69 Å². The Morgan fingerprint density at radius 3 is 2.41 bits per heavy atom. The van der Waals surface area contributed by atoms with Gasteiger partial charge >= 0.3 is 0 Å². The molecular formula is C16H17NO5. The Morgan fingerprint density at radius 2 is 1.77 bits per heavy atom. The highest BCUT2D eigenvalue weighted by atomic mass is 16.5. The molecule has 6 atom stereocenters. The minimum absolute atomic E-state index is 0.0969. The molecule has 3 fully saturated rings. The maximum absolute atomic E-state index is 12.8. The van der Waals surface area contributed by atoms with Crippen LogP contribution in [0.5, 0.6) is 5.75 Å². The van der Waals surface area contributed by atoms with E-state index >= 15 is 0 Å². The molecule has 1 aromatic rings. The molecule has 3 aliphatic rings. The number of amides is 2. The van der Waals surface area contributed by atoms with E-state index in [1.807, 2.05) is 0 Å². The van der Waals surface area contributed by atoms with Crippen LogP contribution >= 0.6 is 0 Å². The minimum atomic E-state index is -0.711. The Kier molecular flexibility index (Phi) is 2.83. The Balaban J connectivity index is 1.75. The third kappa shape index (κ3) is 1.51. The number of aromatic hydroxyl groups is 1. The first-order valence-electron chi connectivity index (χ1n) is 7.43. The topological polar surface area (TPSA) is 87.1 Å². The molecule has 2 saturated carbocycles. The largest absolute Gasteiger partial charge is 0.506 e. The lowest BCUT2D eigenvalue weighted by Crippen LogP contribution is -2.44. The minimum Gasteiger partial charge on any atom is -0.506 e. The number of fused-ring (bicyclic) bond motifs is 5. The zero-order chi connectivity index (χ0) is 15.6. The zero-order valence-electron chi connectivity index (χ0n) is 12.0. The predicted octanol–water partition coefficient (Wildman–Crippen LogP) is 0.523. The summed E-state index contributed by atoms with van der Waals surface area (Å²) in [6.45, 7) is 0. The molecule has 1 saturated heterocycles. The molecule has 6 heteroatoms. The Morgan fingerprint density at radius 1 is 1.14 bits per heavy atom. The fourth-order valence-corrected chi connectivity index (χ4v) is 4.61. The van der Waals surface area contributed by atoms with E-state index in [9.17, 15) is 19.8 Å². The lowest BCUT2D eigenvalue weighted by molar-refractivity contribution is -0.131. The van der Waals surface area contributed by atoms with Crippen LogP contribution in [0.3, 0.4) is 0 Å². The number of benzene rings is 1. The van der Waals surface area contributed by atoms with Crippen LogP contribution in [0.25, 0.3) is 0 Å². The van der Waals surface area contributed by atoms with Crippen LogP contribution < -0.4 is 4.90 Å². The number of hydrogen-bond donors (Lipinski definition) is 2. The number of phenolic OH excluding ortho intramolecular Hbond substituents is 1. The second kappa shape index (κ2) is 4.54. The normalized spacial score (nSPS) is 39.6. The molecule has 22 heavy (non-hydrogen) atoms. The number of phenols is 1. The smallest absolute Gasteiger partial charge is 0.238 e. The number of hydrogen-bond acceptors (Lipinski definition) is 5. The van der Waals surface area contributed by atoms with Gasteiger partial charge in [-0.05, 0) is 18.6 Å². The summed E-state index contributed by atoms with van der Waals surface area (Å²) in [5, 5.41) is 20.2. The first-order chi connectivity index (χ1) is 10.6. The number of carbonyl (C=O) groups excluding carboxylic acids is 2. The number of carbonyl (C=O) groups is 2. The third-order valence-corrected chi connectivity index (χ3v) is 5.46. The Labute approximate surface area is 127 Å². The first kappa shape index (κ1) is 13.7. The number of methoxy groups -OCH3 is 1. The molecule has 1 heterocycles. The molecule has 1 aromatic carbocycles. The van der Waals surface area contributed by atoms with Crippen LogP contribution in [0.15, 0.2) is 24.3 Å². The number of ether oxygens (including phenoxy) is 1. The van der Waals surface area contributed by atoms with Crippen molar-refractivity contribution < 1.29 is 24.5 Å². The molecule has 6 nitrogen and oxygen atoms in total. The van der Waals surface area contributed by atoms with Crippen LogP contribution in [0, 0.1) is 23.7 Å². The summed E-state index contributed by atoms with van der Waals surface area (Å²) < 4.78 is 5.33. The summed E-state index contributed by atoms with van der Waals surface area (Å²) in [5.41, 5.74) is 0.217. The second-order valence-electron chi connectivity index (χ2n) is 6.31. The fraction of sp³-hybridized carbons (Fsp3) is 0.500. The molecule has 0 unspecified atom stereocenters. The summed E-state index contributed by atoms with van der Waals surface area (Å²) >= 11 is 0. The molecule has 2 amide bonds. The van der Waals surface area contributed by atoms with Gasteiger partial charge in [-0.15, -0.1) is 0 Å². The van der Waals surface area contributed by atoms with E-state index in [0.29, 0.717) is 6.42 Å². The monoisotopic (exact) mass is 303 g/mol. The van der Waals surface area contributed by atoms with Crippen molar-refractivity contribution in [1.29, 1.82) is 0 Å². The molecular weight excluding hydrogens is 286 g/mol. The van der Waals surface area contributed by atoms with Gasteiger partial charge < -0.3 is 14.9 Å². The van der Waals surface area contributed by atoms with Crippen molar-refractivity contribution in [2.45, 2.75) is 18.6 Å². The van der Waals surface area contributed by atoms with Crippen molar-refractivity contribution in [1.82, 2.24) is 0 Å². The highest BCUT2D eigenvalue weighted by Gasteiger charge is 2.67. The summed E-state index contributed by atoms with van der Waals surface area (Å²) in [6, 6.07) is 6.31. The van der Waals surface area contributed by atoms with Gasteiger partial charge in [0.05, 0.1) is 29.7 Å². The van der Waals surface area contributed by atoms with Gasteiger partial charge in [-0.2, -0.15) is 0 Å². The quantitative estimate of drug-likeness (QED) is 0.778. The summed E-state index contributed by atoms with van der Waals surface area (Å²) in [7, 11) is 1.52. The van der Waals surface area contributed by atoms with Gasteiger partial charge in [-0.3, -0.25) is 9.59 Å². The molecule has 2 N–H and O–H groups in total. The van der Waals surface area contributed by atoms with Gasteiger partial charge in [0, 0.05) is 18.9 Å². The summed E-state index contributed by atoms with van der Waals surface area (Å²) in [5.74, 6) is -2.05. The molecule has 0 spiro atoms. The van der Waals surface area contributed by atoms with E-state index in [0.717, 1.165) is 4.90 Å². The SMILES string of the molecule is CO[C@H]1[C@@H](O)[C@@H]2C[C@H]1[C@H]1C(=O)N(c3ccccc3O)C(=O)[C@H]21. The molecule has 1 aliphatic heterocycles. The summed E-state index contributed by atoms with van der Waals surface area (Å²) in [4.78, 5) is 26.6. The number of aliphatic hydroxyl groups is 1. The van der Waals surface area contributed by atoms with Crippen LogP contribution in [0.1, 0.15) is 6.42 Å². The number of imide groups is 1. The molecule has 116 valence electrons. The predicted molar refractivity (Wildman–Crippen MR) is 76.0 cm³/mol. The van der Waals surface area contributed by atoms with E-state index in [1.165, 1.54) is 13.2 Å². The van der Waals surface area contributed by atoms with Crippen molar-refractivity contribution in [3.8, 4) is 5.75 Å². The summed E-state index contributed by atoms with van der Waals surface area (Å²) in [6.07, 6.45) is -0.467. The third-order valence-electron chi connectivity index (χ3n) is 5.46. The van der Waals surface area contributed by atoms with Gasteiger partial charge in [0.15, 0.2) is 0 Å². The van der Waals surface area contributed by atoms with Gasteiger partial charge in [-0.25, -0.2) is 4.90 Å². The fourth-order valence-electron chi connectivity index (χ4n) is 4.61. The van der Waals surface area contributed by atoms with E-state index in [1.54, 1.807) is 18.2 Å². The average Bonchev–Trinajstić information content (AvgIpc) is 3.11. The van der Waals surface area contributed by atoms with Gasteiger partial charge in [0.2, 0.25) is 11.8 Å². The van der Waals surface area contributed by atoms with Crippen molar-refractivity contribution in [3.05, 3.63) is 24.3 Å². The van der Waals surface area contributed by atoms with Crippen LogP contribution in [-0.2, 0) is 14.3 Å². The van der Waals surface area contributed by atoms with Crippen molar-refractivity contribution >= 4 is 17.5 Å². The van der Waals surface area contributed by atoms with Crippen LogP contribution in [-0.4, -0.2) is 41.3 Å². The Hall–Kier alpha value is -1.92. The van der Waals surface area contributed by atoms with Gasteiger partial charge in [0.25, 0.3) is 0 Å². The average molecular weight is 303 g/mol. The lowest BCUT2D eigenvalue weighted by atomic mass is 9.78. The first-order valence-corrected chi connectivity index (χ1v) is 7.43. The van der Waals surface area contributed by atoms with Gasteiger partial charge in [-0.1, -0.05) is 12.1 Å². The highest BCUT2D eigenvalue weighted by Crippen LogP contribution is 2.57. The number of aliphatic hydroxyl groups excluding tert-OH is 1. The number of para-hydroxylation sites is 2. The number of anilines is 1. The van der Waals surface area contributed by atoms with E-state index in [-0.39, 0.29) is 35.1 Å². The van der Waals surface area contributed by atoms with E-state index in [4.69, 9.17) is 4.74 Å².